The van der Waals surface area contributed by atoms with Gasteiger partial charge in [0.2, 0.25) is 0 Å². The first-order valence-corrected chi connectivity index (χ1v) is 5.04. The number of aromatic hydroxyl groups is 1. The van der Waals surface area contributed by atoms with Crippen LogP contribution in [0.5, 0.6) is 5.75 Å². The van der Waals surface area contributed by atoms with E-state index in [-0.39, 0.29) is 12.3 Å². The Labute approximate surface area is 97.9 Å². The molecular weight excluding hydrogens is 232 g/mol. The maximum Gasteiger partial charge on any atom is 0.404 e. The van der Waals surface area contributed by atoms with Gasteiger partial charge in [-0.15, -0.1) is 0 Å². The lowest BCUT2D eigenvalue weighted by atomic mass is 10.1. The molecule has 1 rings (SSSR count). The van der Waals surface area contributed by atoms with E-state index in [0.717, 1.165) is 5.56 Å². The van der Waals surface area contributed by atoms with Gasteiger partial charge in [0, 0.05) is 18.0 Å². The van der Waals surface area contributed by atoms with Crippen molar-refractivity contribution in [1.29, 1.82) is 0 Å². The van der Waals surface area contributed by atoms with Crippen molar-refractivity contribution < 1.29 is 14.6 Å². The molecule has 0 bridgehead atoms. The van der Waals surface area contributed by atoms with Crippen LogP contribution < -0.4 is 11.5 Å². The zero-order chi connectivity index (χ0) is 12.1. The van der Waals surface area contributed by atoms with Gasteiger partial charge in [-0.2, -0.15) is 0 Å². The van der Waals surface area contributed by atoms with E-state index in [9.17, 15) is 4.79 Å². The monoisotopic (exact) mass is 244 g/mol. The van der Waals surface area contributed by atoms with E-state index in [4.69, 9.17) is 32.9 Å². The first-order chi connectivity index (χ1) is 7.52. The second-order valence-electron chi connectivity index (χ2n) is 3.27. The van der Waals surface area contributed by atoms with Crippen molar-refractivity contribution in [3.8, 4) is 5.75 Å². The minimum absolute atomic E-state index is 0.0777. The lowest BCUT2D eigenvalue weighted by molar-refractivity contribution is 0.111. The van der Waals surface area contributed by atoms with Crippen molar-refractivity contribution in [3.63, 3.8) is 0 Å². The maximum atomic E-state index is 10.6. The van der Waals surface area contributed by atoms with Crippen LogP contribution in [0.2, 0.25) is 5.02 Å². The molecule has 0 aliphatic rings. The molecule has 6 heteroatoms. The Bertz CT molecular complexity index is 384. The number of hydrogen-bond donors (Lipinski definition) is 3. The van der Waals surface area contributed by atoms with Crippen LogP contribution in [0.4, 0.5) is 4.79 Å². The van der Waals surface area contributed by atoms with Crippen LogP contribution in [0.1, 0.15) is 5.56 Å². The highest BCUT2D eigenvalue weighted by molar-refractivity contribution is 6.31. The number of nitrogens with two attached hydrogens (primary N) is 2. The van der Waals surface area contributed by atoms with Gasteiger partial charge >= 0.3 is 6.09 Å². The highest BCUT2D eigenvalue weighted by Gasteiger charge is 2.13. The Morgan fingerprint density at radius 1 is 1.56 bits per heavy atom. The molecule has 1 unspecified atom stereocenters. The molecule has 1 aromatic rings. The third kappa shape index (κ3) is 3.60. The second kappa shape index (κ2) is 5.58. The summed E-state index contributed by atoms with van der Waals surface area (Å²) >= 11 is 5.89. The van der Waals surface area contributed by atoms with Gasteiger partial charge in [-0.05, 0) is 17.7 Å². The quantitative estimate of drug-likeness (QED) is 0.736. The average Bonchev–Trinajstić information content (AvgIpc) is 2.20. The van der Waals surface area contributed by atoms with Crippen LogP contribution in [0.15, 0.2) is 18.2 Å². The van der Waals surface area contributed by atoms with Crippen LogP contribution in [0.25, 0.3) is 0 Å². The van der Waals surface area contributed by atoms with E-state index in [1.165, 1.54) is 12.1 Å². The molecular formula is C10H13ClN2O3. The molecule has 0 aliphatic carbocycles. The van der Waals surface area contributed by atoms with E-state index in [1.54, 1.807) is 6.07 Å². The number of rotatable bonds is 4. The van der Waals surface area contributed by atoms with Crippen LogP contribution >= 0.6 is 11.6 Å². The highest BCUT2D eigenvalue weighted by Crippen LogP contribution is 2.23. The summed E-state index contributed by atoms with van der Waals surface area (Å²) in [6, 6.07) is 4.55. The van der Waals surface area contributed by atoms with Crippen molar-refractivity contribution in [3.05, 3.63) is 28.8 Å². The van der Waals surface area contributed by atoms with Gasteiger partial charge in [0.1, 0.15) is 11.9 Å². The molecule has 1 aromatic carbocycles. The summed E-state index contributed by atoms with van der Waals surface area (Å²) in [7, 11) is 0. The fourth-order valence-corrected chi connectivity index (χ4v) is 1.54. The number of primary amides is 1. The minimum Gasteiger partial charge on any atom is -0.508 e. The van der Waals surface area contributed by atoms with Crippen molar-refractivity contribution in [2.75, 3.05) is 6.54 Å². The molecule has 1 amide bonds. The third-order valence-corrected chi connectivity index (χ3v) is 2.38. The smallest absolute Gasteiger partial charge is 0.404 e. The van der Waals surface area contributed by atoms with E-state index >= 15 is 0 Å². The second-order valence-corrected chi connectivity index (χ2v) is 3.68. The number of phenols is 1. The minimum atomic E-state index is -0.870. The lowest BCUT2D eigenvalue weighted by Crippen LogP contribution is -2.31. The van der Waals surface area contributed by atoms with E-state index in [2.05, 4.69) is 0 Å². The Morgan fingerprint density at radius 2 is 2.25 bits per heavy atom. The number of amides is 1. The van der Waals surface area contributed by atoms with Crippen molar-refractivity contribution in [2.45, 2.75) is 12.5 Å². The fourth-order valence-electron chi connectivity index (χ4n) is 1.28. The van der Waals surface area contributed by atoms with Gasteiger partial charge in [0.25, 0.3) is 0 Å². The number of carbonyl (C=O) groups is 1. The number of carbonyl (C=O) groups excluding carboxylic acids is 1. The Hall–Kier alpha value is -1.46. The Balaban J connectivity index is 2.73. The molecule has 5 nitrogen and oxygen atoms in total. The van der Waals surface area contributed by atoms with Gasteiger partial charge < -0.3 is 21.3 Å². The summed E-state index contributed by atoms with van der Waals surface area (Å²) in [5, 5.41) is 9.55. The molecule has 5 N–H and O–H groups in total. The highest BCUT2D eigenvalue weighted by atomic mass is 35.5. The molecule has 0 aromatic heterocycles. The summed E-state index contributed by atoms with van der Waals surface area (Å²) < 4.78 is 4.78. The number of benzene rings is 1. The van der Waals surface area contributed by atoms with Gasteiger partial charge in [0.05, 0.1) is 0 Å². The predicted molar refractivity (Wildman–Crippen MR) is 60.3 cm³/mol. The zero-order valence-electron chi connectivity index (χ0n) is 8.52. The van der Waals surface area contributed by atoms with Crippen molar-refractivity contribution >= 4 is 17.7 Å². The molecule has 1 atom stereocenters. The summed E-state index contributed by atoms with van der Waals surface area (Å²) in [6.07, 6.45) is -1.02. The number of hydrogen-bond acceptors (Lipinski definition) is 4. The third-order valence-electron chi connectivity index (χ3n) is 2.03. The van der Waals surface area contributed by atoms with Gasteiger partial charge in [-0.1, -0.05) is 17.7 Å². The normalized spacial score (nSPS) is 12.1. The van der Waals surface area contributed by atoms with Crippen LogP contribution in [0, 0.1) is 0 Å². The molecule has 0 aliphatic heterocycles. The molecule has 0 radical (unpaired) electrons. The summed E-state index contributed by atoms with van der Waals surface area (Å²) in [5.74, 6) is 0.0777. The molecule has 88 valence electrons. The Kier molecular flexibility index (Phi) is 4.39. The molecule has 0 saturated carbocycles. The lowest BCUT2D eigenvalue weighted by Gasteiger charge is -2.15. The Morgan fingerprint density at radius 3 is 2.75 bits per heavy atom. The van der Waals surface area contributed by atoms with E-state index in [1.807, 2.05) is 0 Å². The van der Waals surface area contributed by atoms with Gasteiger partial charge in [-0.25, -0.2) is 4.79 Å². The summed E-state index contributed by atoms with van der Waals surface area (Å²) in [6.45, 7) is 0.153. The number of phenolic OH excluding ortho intramolecular Hbond substituents is 1. The molecule has 0 heterocycles. The summed E-state index contributed by atoms with van der Waals surface area (Å²) in [5.41, 5.74) is 11.1. The zero-order valence-corrected chi connectivity index (χ0v) is 9.28. The average molecular weight is 245 g/mol. The maximum absolute atomic E-state index is 10.6. The SMILES string of the molecule is NCC(Cc1ccc(O)cc1Cl)OC(N)=O. The van der Waals surface area contributed by atoms with E-state index in [0.29, 0.717) is 11.4 Å². The van der Waals surface area contributed by atoms with Gasteiger partial charge in [-0.3, -0.25) is 0 Å². The first-order valence-electron chi connectivity index (χ1n) is 4.66. The number of halogens is 1. The predicted octanol–water partition coefficient (Wildman–Crippen LogP) is 1.01. The topological polar surface area (TPSA) is 98.6 Å². The molecule has 0 spiro atoms. The van der Waals surface area contributed by atoms with Crippen molar-refractivity contribution in [1.82, 2.24) is 0 Å². The first kappa shape index (κ1) is 12.6. The van der Waals surface area contributed by atoms with Crippen LogP contribution in [-0.2, 0) is 11.2 Å². The molecule has 0 fully saturated rings. The van der Waals surface area contributed by atoms with Gasteiger partial charge in [0.15, 0.2) is 0 Å². The van der Waals surface area contributed by atoms with Crippen LogP contribution in [0.3, 0.4) is 0 Å². The standard InChI is InChI=1S/C10H13ClN2O3/c11-9-4-7(14)2-1-6(9)3-8(5-12)16-10(13)15/h1-2,4,8,14H,3,5,12H2,(H2,13,15). The fraction of sp³-hybridized carbons (Fsp3) is 0.300. The van der Waals surface area contributed by atoms with Crippen LogP contribution in [-0.4, -0.2) is 23.8 Å². The van der Waals surface area contributed by atoms with E-state index < -0.39 is 12.2 Å². The largest absolute Gasteiger partial charge is 0.508 e. The molecule has 0 saturated heterocycles. The molecule has 16 heavy (non-hydrogen) atoms. The summed E-state index contributed by atoms with van der Waals surface area (Å²) in [4.78, 5) is 10.6. The number of ether oxygens (including phenoxy) is 1. The van der Waals surface area contributed by atoms with Crippen molar-refractivity contribution in [2.24, 2.45) is 11.5 Å².